The van der Waals surface area contributed by atoms with E-state index in [0.29, 0.717) is 25.9 Å². The lowest BCUT2D eigenvalue weighted by molar-refractivity contribution is -0.126. The van der Waals surface area contributed by atoms with Gasteiger partial charge in [0.15, 0.2) is 0 Å². The predicted octanol–water partition coefficient (Wildman–Crippen LogP) is -0.630. The van der Waals surface area contributed by atoms with Gasteiger partial charge in [-0.05, 0) is 12.8 Å². The highest BCUT2D eigenvalue weighted by atomic mass is 16.2. The summed E-state index contributed by atoms with van der Waals surface area (Å²) in [6, 6.07) is 0.00149. The second kappa shape index (κ2) is 4.97. The third-order valence-corrected chi connectivity index (χ3v) is 2.66. The van der Waals surface area contributed by atoms with Crippen molar-refractivity contribution in [3.63, 3.8) is 0 Å². The summed E-state index contributed by atoms with van der Waals surface area (Å²) in [6.45, 7) is 1.24. The maximum Gasteiger partial charge on any atom is 0.319 e. The number of nitrogens with one attached hydrogen (secondary N) is 1. The number of carbonyl (C=O) groups excluding carboxylic acids is 2. The fourth-order valence-electron chi connectivity index (χ4n) is 1.73. The molecule has 0 aromatic carbocycles. The fourth-order valence-corrected chi connectivity index (χ4v) is 1.73. The third kappa shape index (κ3) is 2.82. The fraction of sp³-hybridized carbons (Fsp3) is 0.778. The summed E-state index contributed by atoms with van der Waals surface area (Å²) in [5, 5.41) is 0. The van der Waals surface area contributed by atoms with Crippen LogP contribution >= 0.6 is 0 Å². The Balaban J connectivity index is 2.42. The number of carbonyl (C=O) groups is 2. The highest BCUT2D eigenvalue weighted by Crippen LogP contribution is 2.17. The van der Waals surface area contributed by atoms with Gasteiger partial charge in [0.2, 0.25) is 5.91 Å². The number of nitrogens with zero attached hydrogens (tertiary/aromatic N) is 2. The van der Waals surface area contributed by atoms with E-state index in [-0.39, 0.29) is 17.9 Å². The Bertz CT molecular complexity index is 246. The largest absolute Gasteiger partial charge is 0.331 e. The van der Waals surface area contributed by atoms with Gasteiger partial charge in [0.05, 0.1) is 0 Å². The minimum atomic E-state index is -0.132. The maximum atomic E-state index is 11.6. The molecule has 1 fully saturated rings. The quantitative estimate of drug-likeness (QED) is 0.346. The van der Waals surface area contributed by atoms with Crippen LogP contribution in [0.25, 0.3) is 0 Å². The molecule has 0 spiro atoms. The van der Waals surface area contributed by atoms with E-state index in [4.69, 9.17) is 5.84 Å². The highest BCUT2D eigenvalue weighted by Gasteiger charge is 2.27. The molecule has 0 atom stereocenters. The molecule has 1 heterocycles. The van der Waals surface area contributed by atoms with Crippen LogP contribution < -0.4 is 11.3 Å². The zero-order chi connectivity index (χ0) is 11.4. The van der Waals surface area contributed by atoms with Crippen molar-refractivity contribution in [2.24, 2.45) is 11.8 Å². The van der Waals surface area contributed by atoms with Gasteiger partial charge in [-0.3, -0.25) is 10.2 Å². The zero-order valence-corrected chi connectivity index (χ0v) is 9.19. The normalized spacial score (nSPS) is 17.4. The first-order chi connectivity index (χ1) is 7.06. The van der Waals surface area contributed by atoms with Crippen molar-refractivity contribution in [3.8, 4) is 0 Å². The molecule has 0 radical (unpaired) electrons. The summed E-state index contributed by atoms with van der Waals surface area (Å²) in [4.78, 5) is 26.1. The van der Waals surface area contributed by atoms with E-state index in [0.717, 1.165) is 0 Å². The van der Waals surface area contributed by atoms with Crippen LogP contribution in [-0.4, -0.2) is 48.9 Å². The minimum absolute atomic E-state index is 0.00149. The van der Waals surface area contributed by atoms with Crippen LogP contribution in [-0.2, 0) is 4.79 Å². The smallest absolute Gasteiger partial charge is 0.319 e. The van der Waals surface area contributed by atoms with Gasteiger partial charge in [-0.1, -0.05) is 0 Å². The third-order valence-electron chi connectivity index (χ3n) is 2.66. The standard InChI is InChI=1S/C9H18N4O2/c1-12(2)9(15)13-5-3-7(4-6-13)8(14)11-10/h7H,3-6,10H2,1-2H3,(H,11,14). The van der Waals surface area contributed by atoms with Crippen molar-refractivity contribution in [1.82, 2.24) is 15.2 Å². The Kier molecular flexibility index (Phi) is 3.90. The van der Waals surface area contributed by atoms with Gasteiger partial charge < -0.3 is 9.80 Å². The molecule has 3 amide bonds. The van der Waals surface area contributed by atoms with Gasteiger partial charge in [-0.2, -0.15) is 0 Å². The molecule has 0 aromatic rings. The van der Waals surface area contributed by atoms with E-state index in [1.165, 1.54) is 0 Å². The van der Waals surface area contributed by atoms with Crippen LogP contribution in [0.1, 0.15) is 12.8 Å². The Hall–Kier alpha value is -1.30. The van der Waals surface area contributed by atoms with Crippen molar-refractivity contribution in [1.29, 1.82) is 0 Å². The molecule has 0 aliphatic carbocycles. The number of rotatable bonds is 1. The molecule has 15 heavy (non-hydrogen) atoms. The van der Waals surface area contributed by atoms with Crippen molar-refractivity contribution in [3.05, 3.63) is 0 Å². The molecule has 0 saturated carbocycles. The molecule has 1 aliphatic rings. The Morgan fingerprint density at radius 3 is 2.27 bits per heavy atom. The summed E-state index contributed by atoms with van der Waals surface area (Å²) in [5.74, 6) is 4.87. The van der Waals surface area contributed by atoms with Crippen molar-refractivity contribution >= 4 is 11.9 Å². The van der Waals surface area contributed by atoms with Crippen molar-refractivity contribution in [2.45, 2.75) is 12.8 Å². The summed E-state index contributed by atoms with van der Waals surface area (Å²) in [6.07, 6.45) is 1.37. The molecule has 0 aromatic heterocycles. The average Bonchev–Trinajstić information content (AvgIpc) is 2.27. The number of hydrogen-bond donors (Lipinski definition) is 2. The first-order valence-corrected chi connectivity index (χ1v) is 5.03. The Morgan fingerprint density at radius 2 is 1.87 bits per heavy atom. The second-order valence-electron chi connectivity index (χ2n) is 3.95. The number of likely N-dealkylation sites (tertiary alicyclic amines) is 1. The van der Waals surface area contributed by atoms with Gasteiger partial charge >= 0.3 is 6.03 Å². The second-order valence-corrected chi connectivity index (χ2v) is 3.95. The molecule has 1 saturated heterocycles. The first-order valence-electron chi connectivity index (χ1n) is 5.03. The first kappa shape index (κ1) is 11.8. The van der Waals surface area contributed by atoms with Crippen LogP contribution in [0, 0.1) is 5.92 Å². The van der Waals surface area contributed by atoms with Crippen LogP contribution in [0.4, 0.5) is 4.79 Å². The van der Waals surface area contributed by atoms with Crippen LogP contribution in [0.5, 0.6) is 0 Å². The van der Waals surface area contributed by atoms with E-state index in [2.05, 4.69) is 5.43 Å². The summed E-state index contributed by atoms with van der Waals surface area (Å²) in [7, 11) is 3.45. The number of amides is 3. The van der Waals surface area contributed by atoms with Crippen molar-refractivity contribution < 1.29 is 9.59 Å². The lowest BCUT2D eigenvalue weighted by Gasteiger charge is -2.32. The van der Waals surface area contributed by atoms with E-state index in [1.807, 2.05) is 0 Å². The van der Waals surface area contributed by atoms with E-state index < -0.39 is 0 Å². The van der Waals surface area contributed by atoms with Crippen LogP contribution in [0.15, 0.2) is 0 Å². The maximum absolute atomic E-state index is 11.6. The molecule has 6 heteroatoms. The summed E-state index contributed by atoms with van der Waals surface area (Å²) in [5.41, 5.74) is 2.15. The van der Waals surface area contributed by atoms with E-state index in [1.54, 1.807) is 23.9 Å². The Labute approximate surface area is 89.4 Å². The molecule has 0 unspecified atom stereocenters. The van der Waals surface area contributed by atoms with Gasteiger partial charge in [-0.25, -0.2) is 10.6 Å². The van der Waals surface area contributed by atoms with Gasteiger partial charge in [0.1, 0.15) is 0 Å². The lowest BCUT2D eigenvalue weighted by Crippen LogP contribution is -2.47. The Morgan fingerprint density at radius 1 is 1.33 bits per heavy atom. The van der Waals surface area contributed by atoms with Gasteiger partial charge in [-0.15, -0.1) is 0 Å². The molecule has 0 bridgehead atoms. The molecular formula is C9H18N4O2. The number of hydrogen-bond acceptors (Lipinski definition) is 3. The molecular weight excluding hydrogens is 196 g/mol. The molecule has 1 rings (SSSR count). The number of hydrazine groups is 1. The molecule has 3 N–H and O–H groups in total. The predicted molar refractivity (Wildman–Crippen MR) is 55.7 cm³/mol. The molecule has 86 valence electrons. The van der Waals surface area contributed by atoms with Gasteiger partial charge in [0.25, 0.3) is 0 Å². The summed E-state index contributed by atoms with van der Waals surface area (Å²) < 4.78 is 0. The number of piperidine rings is 1. The summed E-state index contributed by atoms with van der Waals surface area (Å²) >= 11 is 0. The molecule has 6 nitrogen and oxygen atoms in total. The van der Waals surface area contributed by atoms with Gasteiger partial charge in [0, 0.05) is 33.1 Å². The van der Waals surface area contributed by atoms with E-state index in [9.17, 15) is 9.59 Å². The van der Waals surface area contributed by atoms with Crippen LogP contribution in [0.3, 0.4) is 0 Å². The minimum Gasteiger partial charge on any atom is -0.331 e. The van der Waals surface area contributed by atoms with Crippen LogP contribution in [0.2, 0.25) is 0 Å². The average molecular weight is 214 g/mol. The van der Waals surface area contributed by atoms with E-state index >= 15 is 0 Å². The van der Waals surface area contributed by atoms with Crippen molar-refractivity contribution in [2.75, 3.05) is 27.2 Å². The lowest BCUT2D eigenvalue weighted by atomic mass is 9.96. The zero-order valence-electron chi connectivity index (χ0n) is 9.19. The highest BCUT2D eigenvalue weighted by molar-refractivity contribution is 5.79. The topological polar surface area (TPSA) is 78.7 Å². The number of nitrogens with two attached hydrogens (primary N) is 1. The monoisotopic (exact) mass is 214 g/mol. The SMILES string of the molecule is CN(C)C(=O)N1CCC(C(=O)NN)CC1. The number of urea groups is 1. The molecule has 1 aliphatic heterocycles.